The van der Waals surface area contributed by atoms with Gasteiger partial charge in [-0.3, -0.25) is 20.2 Å². The summed E-state index contributed by atoms with van der Waals surface area (Å²) < 4.78 is 0.540. The molecular weight excluding hydrogens is 420 g/mol. The number of halogens is 1. The molecule has 2 heterocycles. The van der Waals surface area contributed by atoms with E-state index in [2.05, 4.69) is 25.9 Å². The molecule has 0 amide bonds. The largest absolute Gasteiger partial charge is 0.378 e. The first-order valence-corrected chi connectivity index (χ1v) is 8.09. The molecule has 0 saturated heterocycles. The van der Waals surface area contributed by atoms with Crippen molar-refractivity contribution in [2.75, 3.05) is 11.5 Å². The molecule has 0 aliphatic rings. The smallest absolute Gasteiger partial charge is 0.312 e. The molecule has 0 unspecified atom stereocenters. The van der Waals surface area contributed by atoms with Crippen molar-refractivity contribution < 1.29 is 9.85 Å². The van der Waals surface area contributed by atoms with E-state index in [1.54, 1.807) is 0 Å². The number of benzene rings is 1. The van der Waals surface area contributed by atoms with E-state index in [-0.39, 0.29) is 23.0 Å². The Bertz CT molecular complexity index is 984. The zero-order valence-electron chi connectivity index (χ0n) is 13.7. The molecule has 0 aliphatic heterocycles. The number of hydrogen-bond donors (Lipinski definition) is 2. The van der Waals surface area contributed by atoms with Crippen LogP contribution < -0.4 is 11.5 Å². The van der Waals surface area contributed by atoms with Gasteiger partial charge in [0.05, 0.1) is 9.85 Å². The van der Waals surface area contributed by atoms with Gasteiger partial charge in [-0.1, -0.05) is 30.3 Å². The number of hydrogen-bond acceptors (Lipinski definition) is 8. The summed E-state index contributed by atoms with van der Waals surface area (Å²) in [6.45, 7) is 0. The van der Waals surface area contributed by atoms with Crippen LogP contribution in [0.2, 0.25) is 0 Å². The molecule has 0 spiro atoms. The van der Waals surface area contributed by atoms with Crippen LogP contribution in [0.1, 0.15) is 0 Å². The van der Waals surface area contributed by atoms with Crippen molar-refractivity contribution >= 4 is 38.9 Å². The third-order valence-corrected chi connectivity index (χ3v) is 3.70. The van der Waals surface area contributed by atoms with Crippen LogP contribution in [-0.2, 0) is 0 Å². The van der Waals surface area contributed by atoms with Gasteiger partial charge in [0.1, 0.15) is 0 Å². The van der Waals surface area contributed by atoms with Crippen molar-refractivity contribution in [3.8, 4) is 11.1 Å². The lowest BCUT2D eigenvalue weighted by molar-refractivity contribution is -0.384. The second-order valence-electron chi connectivity index (χ2n) is 5.07. The van der Waals surface area contributed by atoms with Crippen LogP contribution in [0, 0.1) is 20.2 Å². The summed E-state index contributed by atoms with van der Waals surface area (Å²) in [5.41, 5.74) is 11.8. The number of anilines is 2. The zero-order chi connectivity index (χ0) is 20.0. The Kier molecular flexibility index (Phi) is 6.33. The highest BCUT2D eigenvalue weighted by Gasteiger charge is 2.14. The molecule has 0 aliphatic carbocycles. The Balaban J connectivity index is 0.000000208. The molecule has 0 fully saturated rings. The topological polar surface area (TPSA) is 164 Å². The quantitative estimate of drug-likeness (QED) is 0.467. The zero-order valence-corrected chi connectivity index (χ0v) is 15.2. The van der Waals surface area contributed by atoms with E-state index in [4.69, 9.17) is 11.5 Å². The summed E-state index contributed by atoms with van der Waals surface area (Å²) in [4.78, 5) is 27.2. The summed E-state index contributed by atoms with van der Waals surface area (Å²) in [6.07, 6.45) is 2.93. The van der Waals surface area contributed by atoms with Gasteiger partial charge >= 0.3 is 11.4 Å². The van der Waals surface area contributed by atoms with Gasteiger partial charge in [-0.05, 0) is 21.5 Å². The van der Waals surface area contributed by atoms with Gasteiger partial charge in [0, 0.05) is 34.6 Å². The molecule has 0 saturated carbocycles. The van der Waals surface area contributed by atoms with Gasteiger partial charge in [-0.15, -0.1) is 0 Å². The molecule has 27 heavy (non-hydrogen) atoms. The van der Waals surface area contributed by atoms with E-state index >= 15 is 0 Å². The van der Waals surface area contributed by atoms with Gasteiger partial charge in [0.2, 0.25) is 11.6 Å². The van der Waals surface area contributed by atoms with Gasteiger partial charge in [0.15, 0.2) is 0 Å². The van der Waals surface area contributed by atoms with Crippen molar-refractivity contribution in [2.45, 2.75) is 0 Å². The van der Waals surface area contributed by atoms with Crippen LogP contribution in [0.5, 0.6) is 0 Å². The lowest BCUT2D eigenvalue weighted by Crippen LogP contribution is -1.98. The molecule has 3 aromatic rings. The summed E-state index contributed by atoms with van der Waals surface area (Å²) in [5, 5.41) is 20.9. The van der Waals surface area contributed by atoms with E-state index < -0.39 is 9.85 Å². The summed E-state index contributed by atoms with van der Waals surface area (Å²) in [5.74, 6) is -0.136. The van der Waals surface area contributed by atoms with Gasteiger partial charge in [-0.25, -0.2) is 9.97 Å². The second kappa shape index (κ2) is 8.67. The van der Waals surface area contributed by atoms with Crippen LogP contribution in [-0.4, -0.2) is 19.8 Å². The number of nitrogens with two attached hydrogens (primary N) is 2. The van der Waals surface area contributed by atoms with Gasteiger partial charge < -0.3 is 11.5 Å². The van der Waals surface area contributed by atoms with Crippen molar-refractivity contribution in [1.29, 1.82) is 0 Å². The SMILES string of the molecule is Nc1ncc(-c2ccccc2)cc1[N+](=O)[O-].Nc1ncc(Br)cc1[N+](=O)[O-]. The number of aromatic nitrogens is 2. The van der Waals surface area contributed by atoms with Crippen LogP contribution >= 0.6 is 15.9 Å². The minimum absolute atomic E-state index is 0.0651. The molecule has 10 nitrogen and oxygen atoms in total. The third-order valence-electron chi connectivity index (χ3n) is 3.26. The van der Waals surface area contributed by atoms with Gasteiger partial charge in [-0.2, -0.15) is 0 Å². The monoisotopic (exact) mass is 432 g/mol. The maximum absolute atomic E-state index is 10.7. The van der Waals surface area contributed by atoms with E-state index in [0.29, 0.717) is 10.0 Å². The molecule has 0 radical (unpaired) electrons. The lowest BCUT2D eigenvalue weighted by atomic mass is 10.1. The predicted octanol–water partition coefficient (Wildman–Crippen LogP) is 3.57. The fourth-order valence-corrected chi connectivity index (χ4v) is 2.30. The number of nitrogen functional groups attached to an aromatic ring is 2. The molecule has 0 atom stereocenters. The fourth-order valence-electron chi connectivity index (χ4n) is 1.98. The number of pyridine rings is 2. The van der Waals surface area contributed by atoms with Crippen molar-refractivity contribution in [1.82, 2.24) is 9.97 Å². The van der Waals surface area contributed by atoms with E-state index in [1.165, 1.54) is 24.5 Å². The number of nitro groups is 2. The Labute approximate surface area is 161 Å². The van der Waals surface area contributed by atoms with Crippen LogP contribution in [0.25, 0.3) is 11.1 Å². The standard InChI is InChI=1S/C11H9N3O2.C5H4BrN3O2/c12-11-10(14(15)16)6-9(7-13-11)8-4-2-1-3-5-8;6-3-1-4(9(10)11)5(7)8-2-3/h1-7H,(H2,12,13);1-2H,(H2,7,8). The highest BCUT2D eigenvalue weighted by Crippen LogP contribution is 2.26. The van der Waals surface area contributed by atoms with Crippen molar-refractivity contribution in [3.63, 3.8) is 0 Å². The van der Waals surface area contributed by atoms with Crippen molar-refractivity contribution in [2.24, 2.45) is 0 Å². The number of rotatable bonds is 3. The minimum atomic E-state index is -0.576. The van der Waals surface area contributed by atoms with E-state index in [0.717, 1.165) is 5.56 Å². The average molecular weight is 433 g/mol. The molecule has 2 aromatic heterocycles. The summed E-state index contributed by atoms with van der Waals surface area (Å²) in [7, 11) is 0. The minimum Gasteiger partial charge on any atom is -0.378 e. The lowest BCUT2D eigenvalue weighted by Gasteiger charge is -2.01. The fraction of sp³-hybridized carbons (Fsp3) is 0. The molecule has 138 valence electrons. The van der Waals surface area contributed by atoms with Crippen LogP contribution in [0.3, 0.4) is 0 Å². The molecular formula is C16H13BrN6O4. The predicted molar refractivity (Wildman–Crippen MR) is 104 cm³/mol. The maximum Gasteiger partial charge on any atom is 0.312 e. The van der Waals surface area contributed by atoms with Crippen LogP contribution in [0.4, 0.5) is 23.0 Å². The summed E-state index contributed by atoms with van der Waals surface area (Å²) in [6, 6.07) is 12.0. The Hall–Kier alpha value is -3.60. The number of nitrogens with zero attached hydrogens (tertiary/aromatic N) is 4. The highest BCUT2D eigenvalue weighted by molar-refractivity contribution is 9.10. The van der Waals surface area contributed by atoms with Crippen LogP contribution in [0.15, 0.2) is 59.3 Å². The highest BCUT2D eigenvalue weighted by atomic mass is 79.9. The third kappa shape index (κ3) is 5.19. The van der Waals surface area contributed by atoms with E-state index in [9.17, 15) is 20.2 Å². The molecule has 0 bridgehead atoms. The Morgan fingerprint density at radius 2 is 1.33 bits per heavy atom. The average Bonchev–Trinajstić information content (AvgIpc) is 2.65. The van der Waals surface area contributed by atoms with Gasteiger partial charge in [0.25, 0.3) is 0 Å². The molecule has 11 heteroatoms. The molecule has 4 N–H and O–H groups in total. The maximum atomic E-state index is 10.7. The Morgan fingerprint density at radius 3 is 1.85 bits per heavy atom. The first kappa shape index (κ1) is 19.7. The van der Waals surface area contributed by atoms with Crippen molar-refractivity contribution in [3.05, 3.63) is 79.6 Å². The molecule has 1 aromatic carbocycles. The first-order chi connectivity index (χ1) is 12.8. The first-order valence-electron chi connectivity index (χ1n) is 7.30. The Morgan fingerprint density at radius 1 is 0.815 bits per heavy atom. The molecule has 3 rings (SSSR count). The second-order valence-corrected chi connectivity index (χ2v) is 5.98. The summed E-state index contributed by atoms with van der Waals surface area (Å²) >= 11 is 3.04. The normalized spacial score (nSPS) is 9.81. The van der Waals surface area contributed by atoms with E-state index in [1.807, 2.05) is 30.3 Å².